The van der Waals surface area contributed by atoms with Gasteiger partial charge in [-0.1, -0.05) is 33.6 Å². The van der Waals surface area contributed by atoms with E-state index in [9.17, 15) is 4.79 Å². The number of rotatable bonds is 6. The van der Waals surface area contributed by atoms with Crippen molar-refractivity contribution in [3.05, 3.63) is 0 Å². The third-order valence-electron chi connectivity index (χ3n) is 4.59. The molecule has 106 valence electrons. The summed E-state index contributed by atoms with van der Waals surface area (Å²) in [5, 5.41) is 0. The molecule has 0 bridgehead atoms. The topological polar surface area (TPSA) is 26.3 Å². The number of ether oxygens (including phenoxy) is 1. The maximum absolute atomic E-state index is 11.8. The van der Waals surface area contributed by atoms with E-state index in [1.54, 1.807) is 0 Å². The van der Waals surface area contributed by atoms with Gasteiger partial charge in [-0.25, -0.2) is 0 Å². The molecule has 1 aliphatic rings. The molecule has 0 aromatic heterocycles. The molecule has 18 heavy (non-hydrogen) atoms. The summed E-state index contributed by atoms with van der Waals surface area (Å²) in [6.07, 6.45) is 7.25. The van der Waals surface area contributed by atoms with E-state index in [4.69, 9.17) is 4.74 Å². The molecule has 1 fully saturated rings. The van der Waals surface area contributed by atoms with Crippen LogP contribution < -0.4 is 0 Å². The van der Waals surface area contributed by atoms with Gasteiger partial charge in [0.1, 0.15) is 5.60 Å². The smallest absolute Gasteiger partial charge is 0.307 e. The van der Waals surface area contributed by atoms with Crippen LogP contribution in [0, 0.1) is 11.8 Å². The van der Waals surface area contributed by atoms with Crippen molar-refractivity contribution in [1.29, 1.82) is 0 Å². The number of carbonyl (C=O) groups excluding carboxylic acids is 1. The molecule has 0 radical (unpaired) electrons. The summed E-state index contributed by atoms with van der Waals surface area (Å²) in [5.41, 5.74) is -0.222. The normalized spacial score (nSPS) is 24.9. The summed E-state index contributed by atoms with van der Waals surface area (Å²) in [7, 11) is 0. The third-order valence-corrected chi connectivity index (χ3v) is 4.81. The summed E-state index contributed by atoms with van der Waals surface area (Å²) >= 11 is 4.11. The SMILES string of the molecule is CCC(CC)(OC(=O)CCS)C1CCC(C)CC1. The predicted molar refractivity (Wildman–Crippen MR) is 79.0 cm³/mol. The molecule has 0 saturated heterocycles. The Morgan fingerprint density at radius 2 is 1.78 bits per heavy atom. The van der Waals surface area contributed by atoms with E-state index in [1.807, 2.05) is 0 Å². The summed E-state index contributed by atoms with van der Waals surface area (Å²) in [6.45, 7) is 6.62. The van der Waals surface area contributed by atoms with Crippen LogP contribution in [0.5, 0.6) is 0 Å². The zero-order chi connectivity index (χ0) is 13.6. The summed E-state index contributed by atoms with van der Waals surface area (Å²) < 4.78 is 5.86. The van der Waals surface area contributed by atoms with Gasteiger partial charge >= 0.3 is 5.97 Å². The van der Waals surface area contributed by atoms with Gasteiger partial charge in [-0.05, 0) is 37.5 Å². The molecule has 0 spiro atoms. The van der Waals surface area contributed by atoms with Crippen molar-refractivity contribution in [3.63, 3.8) is 0 Å². The van der Waals surface area contributed by atoms with E-state index in [0.29, 0.717) is 18.1 Å². The van der Waals surface area contributed by atoms with Crippen LogP contribution in [0.25, 0.3) is 0 Å². The second-order valence-corrected chi connectivity index (χ2v) is 6.12. The first-order valence-electron chi connectivity index (χ1n) is 7.40. The van der Waals surface area contributed by atoms with Crippen LogP contribution >= 0.6 is 12.6 Å². The maximum Gasteiger partial charge on any atom is 0.307 e. The van der Waals surface area contributed by atoms with Gasteiger partial charge in [0.25, 0.3) is 0 Å². The van der Waals surface area contributed by atoms with Crippen LogP contribution in [0.4, 0.5) is 0 Å². The fourth-order valence-corrected chi connectivity index (χ4v) is 3.39. The average molecular weight is 272 g/mol. The van der Waals surface area contributed by atoms with Gasteiger partial charge in [-0.3, -0.25) is 4.79 Å². The number of hydrogen-bond acceptors (Lipinski definition) is 3. The number of esters is 1. The quantitative estimate of drug-likeness (QED) is 0.578. The van der Waals surface area contributed by atoms with Crippen molar-refractivity contribution in [3.8, 4) is 0 Å². The Hall–Kier alpha value is -0.180. The van der Waals surface area contributed by atoms with E-state index < -0.39 is 0 Å². The van der Waals surface area contributed by atoms with E-state index in [2.05, 4.69) is 33.4 Å². The minimum Gasteiger partial charge on any atom is -0.459 e. The van der Waals surface area contributed by atoms with Crippen LogP contribution in [0.3, 0.4) is 0 Å². The van der Waals surface area contributed by atoms with Gasteiger partial charge in [0.05, 0.1) is 6.42 Å². The van der Waals surface area contributed by atoms with E-state index in [-0.39, 0.29) is 11.6 Å². The average Bonchev–Trinajstić information content (AvgIpc) is 2.37. The molecule has 0 atom stereocenters. The molecule has 1 aliphatic carbocycles. The molecule has 0 amide bonds. The first-order valence-corrected chi connectivity index (χ1v) is 8.03. The Bertz CT molecular complexity index is 253. The molecule has 1 saturated carbocycles. The second-order valence-electron chi connectivity index (χ2n) is 5.68. The molecule has 2 nitrogen and oxygen atoms in total. The first kappa shape index (κ1) is 15.9. The van der Waals surface area contributed by atoms with Crippen LogP contribution in [0.2, 0.25) is 0 Å². The lowest BCUT2D eigenvalue weighted by molar-refractivity contribution is -0.169. The standard InChI is InChI=1S/C15H28O2S/c1-4-15(5-2,17-14(16)10-11-18)13-8-6-12(3)7-9-13/h12-13,18H,4-11H2,1-3H3. The fraction of sp³-hybridized carbons (Fsp3) is 0.933. The third kappa shape index (κ3) is 3.91. The molecular weight excluding hydrogens is 244 g/mol. The van der Waals surface area contributed by atoms with Gasteiger partial charge in [0, 0.05) is 5.75 Å². The van der Waals surface area contributed by atoms with Crippen molar-refractivity contribution >= 4 is 18.6 Å². The van der Waals surface area contributed by atoms with E-state index >= 15 is 0 Å². The van der Waals surface area contributed by atoms with Gasteiger partial charge in [0.2, 0.25) is 0 Å². The zero-order valence-electron chi connectivity index (χ0n) is 12.1. The minimum atomic E-state index is -0.222. The van der Waals surface area contributed by atoms with Crippen molar-refractivity contribution in [2.24, 2.45) is 11.8 Å². The minimum absolute atomic E-state index is 0.0766. The highest BCUT2D eigenvalue weighted by molar-refractivity contribution is 7.80. The number of hydrogen-bond donors (Lipinski definition) is 1. The molecule has 0 aromatic carbocycles. The van der Waals surface area contributed by atoms with Crippen molar-refractivity contribution in [1.82, 2.24) is 0 Å². The lowest BCUT2D eigenvalue weighted by Gasteiger charge is -2.42. The van der Waals surface area contributed by atoms with Crippen LogP contribution in [-0.2, 0) is 9.53 Å². The van der Waals surface area contributed by atoms with Crippen molar-refractivity contribution < 1.29 is 9.53 Å². The highest BCUT2D eigenvalue weighted by Crippen LogP contribution is 2.41. The van der Waals surface area contributed by atoms with Crippen molar-refractivity contribution in [2.45, 2.75) is 71.3 Å². The molecule has 0 unspecified atom stereocenters. The Morgan fingerprint density at radius 1 is 1.22 bits per heavy atom. The Kier molecular flexibility index (Phi) is 6.54. The van der Waals surface area contributed by atoms with Gasteiger partial charge in [0.15, 0.2) is 0 Å². The van der Waals surface area contributed by atoms with Gasteiger partial charge < -0.3 is 4.74 Å². The summed E-state index contributed by atoms with van der Waals surface area (Å²) in [6, 6.07) is 0. The molecule has 1 rings (SSSR count). The molecule has 0 N–H and O–H groups in total. The lowest BCUT2D eigenvalue weighted by Crippen LogP contribution is -2.43. The first-order chi connectivity index (χ1) is 8.57. The van der Waals surface area contributed by atoms with E-state index in [0.717, 1.165) is 18.8 Å². The monoisotopic (exact) mass is 272 g/mol. The Labute approximate surface area is 117 Å². The number of carbonyl (C=O) groups is 1. The highest BCUT2D eigenvalue weighted by atomic mass is 32.1. The molecule has 3 heteroatoms. The van der Waals surface area contributed by atoms with Crippen molar-refractivity contribution in [2.75, 3.05) is 5.75 Å². The second kappa shape index (κ2) is 7.42. The predicted octanol–water partition coefficient (Wildman–Crippen LogP) is 4.23. The van der Waals surface area contributed by atoms with Crippen LogP contribution in [-0.4, -0.2) is 17.3 Å². The fourth-order valence-electron chi connectivity index (χ4n) is 3.21. The Balaban J connectivity index is 2.69. The molecular formula is C15H28O2S. The largest absolute Gasteiger partial charge is 0.459 e. The lowest BCUT2D eigenvalue weighted by atomic mass is 9.71. The molecule has 0 aliphatic heterocycles. The van der Waals surface area contributed by atoms with Crippen LogP contribution in [0.15, 0.2) is 0 Å². The Morgan fingerprint density at radius 3 is 2.22 bits per heavy atom. The van der Waals surface area contributed by atoms with Gasteiger partial charge in [-0.2, -0.15) is 12.6 Å². The summed E-state index contributed by atoms with van der Waals surface area (Å²) in [5.74, 6) is 1.88. The maximum atomic E-state index is 11.8. The molecule has 0 heterocycles. The molecule has 0 aromatic rings. The van der Waals surface area contributed by atoms with Gasteiger partial charge in [-0.15, -0.1) is 0 Å². The van der Waals surface area contributed by atoms with E-state index in [1.165, 1.54) is 25.7 Å². The number of thiol groups is 1. The zero-order valence-corrected chi connectivity index (χ0v) is 13.0. The van der Waals surface area contributed by atoms with Crippen LogP contribution in [0.1, 0.15) is 65.7 Å². The highest BCUT2D eigenvalue weighted by Gasteiger charge is 2.40. The summed E-state index contributed by atoms with van der Waals surface area (Å²) in [4.78, 5) is 11.8.